The van der Waals surface area contributed by atoms with E-state index in [1.807, 2.05) is 13.8 Å². The van der Waals surface area contributed by atoms with Crippen LogP contribution in [0.5, 0.6) is 0 Å². The number of rotatable bonds is 5. The molecule has 0 atom stereocenters. The summed E-state index contributed by atoms with van der Waals surface area (Å²) in [5.74, 6) is 1.39. The van der Waals surface area contributed by atoms with Crippen LogP contribution in [0.1, 0.15) is 232 Å². The van der Waals surface area contributed by atoms with Crippen molar-refractivity contribution in [3.8, 4) is 56.0 Å². The van der Waals surface area contributed by atoms with Crippen LogP contribution in [0, 0.1) is 273 Å². The Morgan fingerprint density at radius 3 is 1.01 bits per heavy atom. The molecule has 13 aromatic rings. The normalized spacial score (nSPS) is 10.4. The molecule has 7 nitrogen and oxygen atoms in total. The minimum absolute atomic E-state index is 0. The Labute approximate surface area is 831 Å². The molecule has 0 saturated carbocycles. The van der Waals surface area contributed by atoms with Gasteiger partial charge in [0, 0.05) is 144 Å². The molecule has 7 aromatic heterocycles. The molecule has 0 bridgehead atoms. The summed E-state index contributed by atoms with van der Waals surface area (Å²) in [6, 6.07) is 17.5. The monoisotopic (exact) mass is 2830 g/mol. The molecule has 0 N–H and O–H groups in total. The predicted octanol–water partition coefficient (Wildman–Crippen LogP) is 33.2. The zero-order valence-corrected chi connectivity index (χ0v) is 93.2. The molecule has 0 saturated heterocycles. The molecule has 657 valence electrons. The second-order valence-corrected chi connectivity index (χ2v) is 35.3. The molecule has 119 heavy (non-hydrogen) atoms. The third-order valence-electron chi connectivity index (χ3n) is 24.3. The largest absolute Gasteiger partial charge is 0.517 e. The molecule has 0 aliphatic heterocycles. The first-order valence-electron chi connectivity index (χ1n) is 37.2. The standard InChI is InChI=1S/2C20H21BrNO.C20H21BrNS.2C18H21BrN.5CH4.5Ir/c1-9-10(2)15(7)22-19(13(9)5)17-8-16-11(3)12(4)18(21)14(6)20(16)23-17;1-9-8-16(12(4)13(5)17(9)21)20-22-18-14(6)10(2)11(3)15(7)19(18)23-20;1-9-10(2)15(7)22-19(13(9)5)17-8-16-11(3)12(4)18(21)14(6)20(16)23-17;1-9-8-16(12(4)13(5)17(9)19)18-14(6)10(2)11(3)15(7)20-18;1-9-8-16(14(6)17(19)10(9)2)18-13(5)11(3)12(4)15(7)20-18;;;;;;;;;;/h3*1-7H3;2*1-7H3;5*1H4;;;;;/q5*-1;;;;;;;;;;. The average molecular weight is 2830 g/mol. The van der Waals surface area contributed by atoms with Crippen molar-refractivity contribution in [3.05, 3.63) is 248 Å². The van der Waals surface area contributed by atoms with Gasteiger partial charge in [-0.3, -0.25) is 15.0 Å². The van der Waals surface area contributed by atoms with E-state index in [4.69, 9.17) is 33.8 Å². The molecule has 0 amide bonds. The number of aromatic nitrogens is 5. The van der Waals surface area contributed by atoms with Gasteiger partial charge in [0.05, 0.1) is 11.3 Å². The first kappa shape index (κ1) is 118. The van der Waals surface area contributed by atoms with E-state index < -0.39 is 0 Å². The summed E-state index contributed by atoms with van der Waals surface area (Å²) in [7, 11) is 0. The van der Waals surface area contributed by atoms with Crippen molar-refractivity contribution in [1.82, 2.24) is 24.9 Å². The second kappa shape index (κ2) is 46.8. The summed E-state index contributed by atoms with van der Waals surface area (Å²) in [6.07, 6.45) is 0. The number of oxazole rings is 1. The van der Waals surface area contributed by atoms with Crippen molar-refractivity contribution in [1.29, 1.82) is 0 Å². The van der Waals surface area contributed by atoms with Crippen molar-refractivity contribution in [3.63, 3.8) is 0 Å². The Balaban J connectivity index is 0. The van der Waals surface area contributed by atoms with Gasteiger partial charge in [-0.05, 0) is 237 Å². The SMILES string of the molecule is C.C.C.C.C.Cc1[c-]c(-c2nc(C)c(C)c(C)c2C)c(C)c(Br)c1C.Cc1[c-]c(-c2nc(C)c(C)c(C)c2C)c(C)c(C)c1Br.Cc1[c-]c(-c2nc3c(C)c(C)c(C)c(C)c3o2)c(C)c(C)c1Br.Cc1nc(-c2[c-]c3c(C)c(C)c(Br)c(C)c3o2)c(C)c(C)c1C.Cc1nc(-c2[c-]c3c(C)c(C)c(Br)c(C)c3s2)c(C)c(C)c1C.[Ir].[Ir].[Ir].[Ir].[Ir]. The molecule has 0 spiro atoms. The fourth-order valence-corrected chi connectivity index (χ4v) is 17.6. The fourth-order valence-electron chi connectivity index (χ4n) is 14.0. The minimum atomic E-state index is 0. The molecule has 18 heteroatoms. The smallest absolute Gasteiger partial charge is 0.144 e. The summed E-state index contributed by atoms with van der Waals surface area (Å²) in [5, 5.41) is 2.29. The summed E-state index contributed by atoms with van der Waals surface area (Å²) in [4.78, 5) is 25.2. The Hall–Kier alpha value is -3.46. The first-order valence-corrected chi connectivity index (χ1v) is 41.9. The van der Waals surface area contributed by atoms with Crippen LogP contribution in [0.2, 0.25) is 0 Å². The van der Waals surface area contributed by atoms with Crippen molar-refractivity contribution in [2.75, 3.05) is 0 Å². The number of furan rings is 1. The number of hydrogen-bond acceptors (Lipinski definition) is 8. The summed E-state index contributed by atoms with van der Waals surface area (Å²) < 4.78 is 19.4. The average Bonchev–Trinajstić information content (AvgIpc) is 1.59. The summed E-state index contributed by atoms with van der Waals surface area (Å²) in [5.41, 5.74) is 52.9. The Morgan fingerprint density at radius 1 is 0.235 bits per heavy atom. The van der Waals surface area contributed by atoms with E-state index in [1.165, 1.54) is 164 Å². The maximum Gasteiger partial charge on any atom is 0.144 e. The number of nitrogens with zero attached hydrogens (tertiary/aromatic N) is 5. The Kier molecular flexibility index (Phi) is 46.3. The molecule has 0 fully saturated rings. The fraction of sp³-hybridized carbons (Fsp3) is 0.396. The third-order valence-corrected chi connectivity index (χ3v) is 31.4. The third kappa shape index (κ3) is 22.7. The van der Waals surface area contributed by atoms with Gasteiger partial charge in [-0.1, -0.05) is 247 Å². The number of hydrogen-bond donors (Lipinski definition) is 0. The maximum absolute atomic E-state index is 6.18. The van der Waals surface area contributed by atoms with Crippen LogP contribution in [-0.4, -0.2) is 24.9 Å². The number of thiophene rings is 1. The summed E-state index contributed by atoms with van der Waals surface area (Å²) in [6.45, 7) is 74.5. The van der Waals surface area contributed by atoms with Crippen molar-refractivity contribution in [2.45, 2.75) is 279 Å². The van der Waals surface area contributed by atoms with Gasteiger partial charge in [0.25, 0.3) is 0 Å². The van der Waals surface area contributed by atoms with Crippen LogP contribution >= 0.6 is 91.0 Å². The van der Waals surface area contributed by atoms with Gasteiger partial charge in [0.15, 0.2) is 0 Å². The van der Waals surface area contributed by atoms with E-state index in [9.17, 15) is 0 Å². The molecule has 0 unspecified atom stereocenters. The van der Waals surface area contributed by atoms with Crippen molar-refractivity contribution in [2.24, 2.45) is 0 Å². The molecule has 0 aliphatic carbocycles. The molecule has 13 rings (SSSR count). The van der Waals surface area contributed by atoms with Gasteiger partial charge in [0.2, 0.25) is 0 Å². The number of pyridine rings is 4. The van der Waals surface area contributed by atoms with Crippen molar-refractivity contribution >= 4 is 123 Å². The summed E-state index contributed by atoms with van der Waals surface area (Å²) >= 11 is 20.2. The van der Waals surface area contributed by atoms with Gasteiger partial charge < -0.3 is 18.8 Å². The van der Waals surface area contributed by atoms with E-state index in [0.717, 1.165) is 136 Å². The van der Waals surface area contributed by atoms with E-state index in [1.54, 1.807) is 11.3 Å². The van der Waals surface area contributed by atoms with Crippen LogP contribution in [0.15, 0.2) is 31.2 Å². The van der Waals surface area contributed by atoms with Gasteiger partial charge in [-0.2, -0.15) is 0 Å². The first-order chi connectivity index (χ1) is 50.7. The van der Waals surface area contributed by atoms with E-state index in [-0.39, 0.29) is 138 Å². The van der Waals surface area contributed by atoms with Gasteiger partial charge >= 0.3 is 0 Å². The molecular formula is C101H125Br5Ir5N5O2S-5. The van der Waals surface area contributed by atoms with Gasteiger partial charge in [0.1, 0.15) is 17.0 Å². The van der Waals surface area contributed by atoms with Gasteiger partial charge in [-0.15, -0.1) is 139 Å². The van der Waals surface area contributed by atoms with Crippen molar-refractivity contribution < 1.29 is 109 Å². The number of aryl methyl sites for hydroxylation is 13. The van der Waals surface area contributed by atoms with Crippen LogP contribution < -0.4 is 0 Å². The van der Waals surface area contributed by atoms with E-state index in [2.05, 4.69) is 338 Å². The minimum Gasteiger partial charge on any atom is -0.517 e. The van der Waals surface area contributed by atoms with Crippen LogP contribution in [-0.2, 0) is 101 Å². The zero-order valence-electron chi connectivity index (χ0n) is 72.5. The van der Waals surface area contributed by atoms with Gasteiger partial charge in [-0.25, -0.2) is 11.3 Å². The number of fused-ring (bicyclic) bond motifs is 3. The predicted molar refractivity (Wildman–Crippen MR) is 515 cm³/mol. The molecular weight excluding hydrogens is 2710 g/mol. The molecule has 7 heterocycles. The van der Waals surface area contributed by atoms with Crippen LogP contribution in [0.4, 0.5) is 0 Å². The van der Waals surface area contributed by atoms with E-state index >= 15 is 0 Å². The Morgan fingerprint density at radius 2 is 0.563 bits per heavy atom. The number of benzene rings is 6. The molecule has 0 aliphatic rings. The quantitative estimate of drug-likeness (QED) is 0.159. The maximum atomic E-state index is 6.18. The molecule has 5 radical (unpaired) electrons. The van der Waals surface area contributed by atoms with Crippen LogP contribution in [0.3, 0.4) is 0 Å². The molecule has 6 aromatic carbocycles. The van der Waals surface area contributed by atoms with E-state index in [0.29, 0.717) is 5.89 Å². The van der Waals surface area contributed by atoms with Crippen LogP contribution in [0.25, 0.3) is 88.1 Å². The zero-order chi connectivity index (χ0) is 81.5. The Bertz CT molecular complexity index is 5190. The number of halogens is 5. The second-order valence-electron chi connectivity index (χ2n) is 30.3. The topological polar surface area (TPSA) is 90.7 Å².